The van der Waals surface area contributed by atoms with Gasteiger partial charge in [0.1, 0.15) is 5.52 Å². The lowest BCUT2D eigenvalue weighted by molar-refractivity contribution is 0.0458. The number of aromatic amines is 1. The molecule has 0 radical (unpaired) electrons. The van der Waals surface area contributed by atoms with Crippen molar-refractivity contribution in [2.45, 2.75) is 19.4 Å². The number of carbonyl (C=O) groups excluding carboxylic acids is 1. The van der Waals surface area contributed by atoms with Gasteiger partial charge in [0.15, 0.2) is 0 Å². The van der Waals surface area contributed by atoms with Crippen LogP contribution in [-0.4, -0.2) is 46.7 Å². The Kier molecular flexibility index (Phi) is 3.79. The van der Waals surface area contributed by atoms with Gasteiger partial charge in [-0.15, -0.1) is 5.10 Å². The highest BCUT2D eigenvalue weighted by Crippen LogP contribution is 2.34. The SMILES string of the molecule is Cc1c(C(=O)N2CCC2c2ccc(F)nc2)cnn1-c1nn2cccc2c(=O)[nH]1. The number of nitrogens with one attached hydrogen (secondary N) is 1. The molecule has 1 amide bonds. The number of hydrogen-bond acceptors (Lipinski definition) is 5. The number of pyridine rings is 1. The third kappa shape index (κ3) is 2.72. The molecule has 1 aliphatic heterocycles. The lowest BCUT2D eigenvalue weighted by Crippen LogP contribution is -2.45. The van der Waals surface area contributed by atoms with Crippen LogP contribution in [0.4, 0.5) is 4.39 Å². The second-order valence-electron chi connectivity index (χ2n) is 6.89. The van der Waals surface area contributed by atoms with E-state index in [-0.39, 0.29) is 23.5 Å². The number of aromatic nitrogens is 6. The van der Waals surface area contributed by atoms with Gasteiger partial charge >= 0.3 is 0 Å². The van der Waals surface area contributed by atoms with Crippen LogP contribution in [0.15, 0.2) is 47.7 Å². The molecule has 1 N–H and O–H groups in total. The van der Waals surface area contributed by atoms with E-state index in [1.54, 1.807) is 36.2 Å². The molecule has 146 valence electrons. The van der Waals surface area contributed by atoms with E-state index in [0.29, 0.717) is 23.3 Å². The van der Waals surface area contributed by atoms with Crippen molar-refractivity contribution < 1.29 is 9.18 Å². The van der Waals surface area contributed by atoms with E-state index in [0.717, 1.165) is 12.0 Å². The average molecular weight is 393 g/mol. The van der Waals surface area contributed by atoms with E-state index < -0.39 is 5.95 Å². The van der Waals surface area contributed by atoms with Gasteiger partial charge < -0.3 is 4.90 Å². The number of carbonyl (C=O) groups is 1. The van der Waals surface area contributed by atoms with Crippen molar-refractivity contribution in [1.29, 1.82) is 0 Å². The maximum Gasteiger partial charge on any atom is 0.276 e. The number of nitrogens with zero attached hydrogens (tertiary/aromatic N) is 6. The Hall–Kier alpha value is -3.82. The topological polar surface area (TPSA) is 101 Å². The molecule has 0 aliphatic carbocycles. The lowest BCUT2D eigenvalue weighted by atomic mass is 9.95. The normalized spacial score (nSPS) is 16.2. The summed E-state index contributed by atoms with van der Waals surface area (Å²) in [6.45, 7) is 2.34. The van der Waals surface area contributed by atoms with Crippen molar-refractivity contribution in [1.82, 2.24) is 34.3 Å². The van der Waals surface area contributed by atoms with Crippen molar-refractivity contribution in [3.05, 3.63) is 76.0 Å². The fourth-order valence-corrected chi connectivity index (χ4v) is 3.58. The first kappa shape index (κ1) is 17.3. The second-order valence-corrected chi connectivity index (χ2v) is 6.89. The smallest absolute Gasteiger partial charge is 0.276 e. The fraction of sp³-hybridized carbons (Fsp3) is 0.211. The largest absolute Gasteiger partial charge is 0.331 e. The highest BCUT2D eigenvalue weighted by molar-refractivity contribution is 5.96. The second kappa shape index (κ2) is 6.36. The zero-order chi connectivity index (χ0) is 20.1. The Morgan fingerprint density at radius 2 is 2.14 bits per heavy atom. The molecule has 29 heavy (non-hydrogen) atoms. The predicted octanol–water partition coefficient (Wildman–Crippen LogP) is 1.64. The van der Waals surface area contributed by atoms with Crippen molar-refractivity contribution in [3.8, 4) is 5.95 Å². The van der Waals surface area contributed by atoms with Crippen LogP contribution in [0.3, 0.4) is 0 Å². The minimum absolute atomic E-state index is 0.146. The van der Waals surface area contributed by atoms with Crippen molar-refractivity contribution in [2.24, 2.45) is 0 Å². The molecule has 5 rings (SSSR count). The van der Waals surface area contributed by atoms with E-state index in [4.69, 9.17) is 0 Å². The van der Waals surface area contributed by atoms with Gasteiger partial charge in [-0.25, -0.2) is 14.2 Å². The number of amides is 1. The monoisotopic (exact) mass is 393 g/mol. The number of halogens is 1. The van der Waals surface area contributed by atoms with Gasteiger partial charge in [0.2, 0.25) is 11.9 Å². The van der Waals surface area contributed by atoms with Crippen LogP contribution in [0.1, 0.15) is 34.1 Å². The molecule has 10 heteroatoms. The molecular weight excluding hydrogens is 377 g/mol. The standard InChI is InChI=1S/C19H16FN7O2/c1-11-13(18(29)25-8-6-14(25)12-4-5-16(20)21-9-12)10-22-27(11)19-23-17(28)15-3-2-7-26(15)24-19/h2-5,7,9-10,14H,6,8H2,1H3,(H,23,24,28). The Labute approximate surface area is 163 Å². The molecule has 0 spiro atoms. The molecule has 0 saturated carbocycles. The maximum atomic E-state index is 13.1. The summed E-state index contributed by atoms with van der Waals surface area (Å²) >= 11 is 0. The van der Waals surface area contributed by atoms with Crippen LogP contribution in [0, 0.1) is 12.9 Å². The summed E-state index contributed by atoms with van der Waals surface area (Å²) in [4.78, 5) is 33.3. The first-order valence-corrected chi connectivity index (χ1v) is 9.08. The molecule has 1 saturated heterocycles. The van der Waals surface area contributed by atoms with Gasteiger partial charge in [0.05, 0.1) is 23.5 Å². The molecule has 1 atom stereocenters. The molecule has 9 nitrogen and oxygen atoms in total. The molecule has 5 heterocycles. The van der Waals surface area contributed by atoms with Gasteiger partial charge in [0.25, 0.3) is 11.5 Å². The summed E-state index contributed by atoms with van der Waals surface area (Å²) in [5.74, 6) is -0.513. The molecule has 1 unspecified atom stereocenters. The van der Waals surface area contributed by atoms with Crippen molar-refractivity contribution in [3.63, 3.8) is 0 Å². The summed E-state index contributed by atoms with van der Waals surface area (Å²) in [5.41, 5.74) is 1.90. The van der Waals surface area contributed by atoms with Gasteiger partial charge in [-0.1, -0.05) is 6.07 Å². The van der Waals surface area contributed by atoms with E-state index in [9.17, 15) is 14.0 Å². The van der Waals surface area contributed by atoms with Crippen LogP contribution in [0.5, 0.6) is 0 Å². The zero-order valence-corrected chi connectivity index (χ0v) is 15.4. The third-order valence-corrected chi connectivity index (χ3v) is 5.25. The summed E-state index contributed by atoms with van der Waals surface area (Å²) in [5, 5.41) is 8.59. The van der Waals surface area contributed by atoms with E-state index in [1.165, 1.54) is 27.7 Å². The molecule has 4 aromatic heterocycles. The first-order chi connectivity index (χ1) is 14.0. The Bertz CT molecular complexity index is 1290. The summed E-state index contributed by atoms with van der Waals surface area (Å²) in [6, 6.07) is 6.17. The van der Waals surface area contributed by atoms with Crippen molar-refractivity contribution in [2.75, 3.05) is 6.54 Å². The Morgan fingerprint density at radius 1 is 1.28 bits per heavy atom. The molecule has 0 aromatic carbocycles. The van der Waals surface area contributed by atoms with E-state index in [1.807, 2.05) is 0 Å². The van der Waals surface area contributed by atoms with Crippen LogP contribution >= 0.6 is 0 Å². The van der Waals surface area contributed by atoms with Gasteiger partial charge in [-0.05, 0) is 37.1 Å². The van der Waals surface area contributed by atoms with Crippen LogP contribution in [0.25, 0.3) is 11.5 Å². The first-order valence-electron chi connectivity index (χ1n) is 9.08. The van der Waals surface area contributed by atoms with Gasteiger partial charge in [-0.3, -0.25) is 14.6 Å². The number of likely N-dealkylation sites (tertiary alicyclic amines) is 1. The summed E-state index contributed by atoms with van der Waals surface area (Å²) in [6.07, 6.45) is 5.37. The molecule has 4 aromatic rings. The van der Waals surface area contributed by atoms with Crippen LogP contribution < -0.4 is 5.56 Å². The average Bonchev–Trinajstić information content (AvgIpc) is 3.29. The minimum atomic E-state index is -0.552. The molecule has 1 fully saturated rings. The number of rotatable bonds is 3. The number of fused-ring (bicyclic) bond motifs is 1. The van der Waals surface area contributed by atoms with Crippen LogP contribution in [0.2, 0.25) is 0 Å². The fourth-order valence-electron chi connectivity index (χ4n) is 3.58. The maximum absolute atomic E-state index is 13.1. The quantitative estimate of drug-likeness (QED) is 0.533. The number of hydrogen-bond donors (Lipinski definition) is 1. The molecular formula is C19H16FN7O2. The van der Waals surface area contributed by atoms with Gasteiger partial charge in [0, 0.05) is 18.9 Å². The lowest BCUT2D eigenvalue weighted by Gasteiger charge is -2.41. The summed E-state index contributed by atoms with van der Waals surface area (Å²) < 4.78 is 16.0. The number of H-pyrrole nitrogens is 1. The highest BCUT2D eigenvalue weighted by Gasteiger charge is 2.35. The van der Waals surface area contributed by atoms with E-state index >= 15 is 0 Å². The molecule has 0 bridgehead atoms. The van der Waals surface area contributed by atoms with Crippen molar-refractivity contribution >= 4 is 11.4 Å². The third-order valence-electron chi connectivity index (χ3n) is 5.25. The van der Waals surface area contributed by atoms with Crippen LogP contribution in [-0.2, 0) is 0 Å². The zero-order valence-electron chi connectivity index (χ0n) is 15.4. The molecule has 1 aliphatic rings. The van der Waals surface area contributed by atoms with E-state index in [2.05, 4.69) is 20.2 Å². The highest BCUT2D eigenvalue weighted by atomic mass is 19.1. The minimum Gasteiger partial charge on any atom is -0.331 e. The predicted molar refractivity (Wildman–Crippen MR) is 100 cm³/mol. The summed E-state index contributed by atoms with van der Waals surface area (Å²) in [7, 11) is 0. The Balaban J connectivity index is 1.46. The van der Waals surface area contributed by atoms with Gasteiger partial charge in [-0.2, -0.15) is 9.49 Å². The Morgan fingerprint density at radius 3 is 2.86 bits per heavy atom.